The van der Waals surface area contributed by atoms with E-state index < -0.39 is 12.7 Å². The van der Waals surface area contributed by atoms with Crippen molar-refractivity contribution in [1.82, 2.24) is 20.1 Å². The Morgan fingerprint density at radius 3 is 2.57 bits per heavy atom. The smallest absolute Gasteiger partial charge is 0.406 e. The normalized spacial score (nSPS) is 17.5. The third-order valence-corrected chi connectivity index (χ3v) is 8.01. The summed E-state index contributed by atoms with van der Waals surface area (Å²) in [6.45, 7) is 6.19. The Hall–Kier alpha value is -4.29. The van der Waals surface area contributed by atoms with Crippen LogP contribution >= 0.6 is 11.8 Å². The minimum Gasteiger partial charge on any atom is -0.406 e. The number of thioether (sulfide) groups is 1. The highest BCUT2D eigenvalue weighted by atomic mass is 32.2. The van der Waals surface area contributed by atoms with Crippen molar-refractivity contribution < 1.29 is 23.0 Å². The van der Waals surface area contributed by atoms with Gasteiger partial charge in [0.05, 0.1) is 5.69 Å². The Balaban J connectivity index is 1.24. The topological polar surface area (TPSA) is 87.8 Å². The molecule has 0 bridgehead atoms. The van der Waals surface area contributed by atoms with Crippen LogP contribution in [0.25, 0.3) is 23.2 Å². The van der Waals surface area contributed by atoms with Gasteiger partial charge < -0.3 is 20.1 Å². The Morgan fingerprint density at radius 1 is 1.14 bits per heavy atom. The number of aryl methyl sites for hydroxylation is 1. The zero-order valence-corrected chi connectivity index (χ0v) is 25.3. The highest BCUT2D eigenvalue weighted by Crippen LogP contribution is 2.32. The Kier molecular flexibility index (Phi) is 9.60. The largest absolute Gasteiger partial charge is 0.573 e. The monoisotopic (exact) mass is 622 g/mol. The van der Waals surface area contributed by atoms with Gasteiger partial charge in [0.1, 0.15) is 12.1 Å². The van der Waals surface area contributed by atoms with Crippen LogP contribution in [-0.2, 0) is 6.42 Å². The lowest BCUT2D eigenvalue weighted by Crippen LogP contribution is -2.43. The van der Waals surface area contributed by atoms with Gasteiger partial charge in [-0.05, 0) is 74.2 Å². The number of aliphatic hydroxyl groups excluding tert-OH is 1. The van der Waals surface area contributed by atoms with E-state index in [-0.39, 0.29) is 11.8 Å². The van der Waals surface area contributed by atoms with Gasteiger partial charge in [0.15, 0.2) is 11.0 Å². The summed E-state index contributed by atoms with van der Waals surface area (Å²) >= 11 is 1.65. The van der Waals surface area contributed by atoms with Crippen molar-refractivity contribution >= 4 is 28.7 Å². The van der Waals surface area contributed by atoms with Gasteiger partial charge in [-0.2, -0.15) is 0 Å². The maximum absolute atomic E-state index is 12.4. The molecule has 2 N–H and O–H groups in total. The van der Waals surface area contributed by atoms with Gasteiger partial charge in [-0.25, -0.2) is 14.7 Å². The molecule has 2 unspecified atom stereocenters. The number of para-hydroxylation sites is 1. The maximum atomic E-state index is 12.4. The van der Waals surface area contributed by atoms with Gasteiger partial charge in [0, 0.05) is 28.7 Å². The molecule has 0 radical (unpaired) electrons. The van der Waals surface area contributed by atoms with Crippen LogP contribution in [0, 0.1) is 0 Å². The van der Waals surface area contributed by atoms with E-state index in [1.165, 1.54) is 40.8 Å². The number of halogens is 3. The molecule has 1 fully saturated rings. The fourth-order valence-corrected chi connectivity index (χ4v) is 6.11. The predicted molar refractivity (Wildman–Crippen MR) is 169 cm³/mol. The van der Waals surface area contributed by atoms with Crippen molar-refractivity contribution in [1.29, 1.82) is 0 Å². The Morgan fingerprint density at radius 2 is 1.86 bits per heavy atom. The number of ether oxygens (including phenoxy) is 1. The first-order valence-electron chi connectivity index (χ1n) is 14.2. The first-order chi connectivity index (χ1) is 21.1. The molecule has 230 valence electrons. The molecular formula is C32H33F3N6O2S. The van der Waals surface area contributed by atoms with E-state index in [0.717, 1.165) is 46.3 Å². The fraction of sp³-hybridized carbons (Fsp3) is 0.281. The number of benzene rings is 3. The van der Waals surface area contributed by atoms with Gasteiger partial charge in [-0.1, -0.05) is 61.2 Å². The molecule has 1 aliphatic heterocycles. The second kappa shape index (κ2) is 13.6. The van der Waals surface area contributed by atoms with Crippen LogP contribution in [0.4, 0.5) is 18.9 Å². The van der Waals surface area contributed by atoms with Gasteiger partial charge in [-0.3, -0.25) is 0 Å². The first kappa shape index (κ1) is 31.1. The molecule has 8 nitrogen and oxygen atoms in total. The molecule has 0 spiro atoms. The minimum atomic E-state index is -4.75. The first-order valence-corrected chi connectivity index (χ1v) is 15.2. The number of amidine groups is 1. The zero-order chi connectivity index (χ0) is 31.3. The maximum Gasteiger partial charge on any atom is 0.573 e. The molecule has 2 heterocycles. The average Bonchev–Trinajstić information content (AvgIpc) is 3.47. The second-order valence-electron chi connectivity index (χ2n) is 10.3. The van der Waals surface area contributed by atoms with Crippen molar-refractivity contribution in [2.45, 2.75) is 52.4 Å². The predicted octanol–water partition coefficient (Wildman–Crippen LogP) is 7.01. The van der Waals surface area contributed by atoms with Crippen molar-refractivity contribution in [3.05, 3.63) is 95.9 Å². The highest BCUT2D eigenvalue weighted by molar-refractivity contribution is 8.14. The van der Waals surface area contributed by atoms with Crippen LogP contribution in [0.15, 0.2) is 89.8 Å². The third kappa shape index (κ3) is 7.80. The van der Waals surface area contributed by atoms with Crippen LogP contribution in [-0.4, -0.2) is 49.5 Å². The summed E-state index contributed by atoms with van der Waals surface area (Å²) in [6, 6.07) is 21.5. The number of hydrogen-bond donors (Lipinski definition) is 2. The molecular weight excluding hydrogens is 589 g/mol. The van der Waals surface area contributed by atoms with E-state index in [1.54, 1.807) is 11.8 Å². The standard InChI is InChI=1S/C32H33F3N6O2S/c1-4-24-7-5-6-8-28(24)41-22(3)17-18-44-31(41)38-30(42)37-21(2)19-23-9-11-25(12-10-23)29-36-20-40(39-29)26-13-15-27(16-14-26)43-32(33,34)35/h5-16,19-20,22,30,37,42H,4,17-18H2,1-3H3/b21-19+,38-31?. The lowest BCUT2D eigenvalue weighted by atomic mass is 10.1. The summed E-state index contributed by atoms with van der Waals surface area (Å²) < 4.78 is 42.7. The Bertz CT molecular complexity index is 1620. The van der Waals surface area contributed by atoms with Crippen LogP contribution in [0.3, 0.4) is 0 Å². The molecule has 4 aromatic rings. The number of hydrogen-bond acceptors (Lipinski definition) is 7. The number of aliphatic hydroxyl groups is 1. The van der Waals surface area contributed by atoms with Crippen LogP contribution in [0.2, 0.25) is 0 Å². The second-order valence-corrected chi connectivity index (χ2v) is 11.3. The summed E-state index contributed by atoms with van der Waals surface area (Å²) in [5.74, 6) is 1.09. The van der Waals surface area contributed by atoms with Crippen molar-refractivity contribution in [2.75, 3.05) is 10.7 Å². The molecule has 3 aromatic carbocycles. The molecule has 1 saturated heterocycles. The van der Waals surface area contributed by atoms with E-state index in [4.69, 9.17) is 0 Å². The number of aromatic nitrogens is 3. The van der Waals surface area contributed by atoms with E-state index in [9.17, 15) is 18.3 Å². The summed E-state index contributed by atoms with van der Waals surface area (Å²) in [7, 11) is 0. The summed E-state index contributed by atoms with van der Waals surface area (Å²) in [5, 5.41) is 19.1. The van der Waals surface area contributed by atoms with Crippen molar-refractivity contribution in [3.8, 4) is 22.8 Å². The quantitative estimate of drug-likeness (QED) is 0.194. The fourth-order valence-electron chi connectivity index (χ4n) is 4.87. The van der Waals surface area contributed by atoms with E-state index in [2.05, 4.69) is 56.0 Å². The summed E-state index contributed by atoms with van der Waals surface area (Å²) in [6.07, 6.45) is -0.518. The molecule has 0 amide bonds. The number of nitrogens with one attached hydrogen (secondary N) is 1. The molecule has 1 aromatic heterocycles. The summed E-state index contributed by atoms with van der Waals surface area (Å²) in [5.41, 5.74) is 5.32. The van der Waals surface area contributed by atoms with Crippen molar-refractivity contribution in [2.24, 2.45) is 4.99 Å². The van der Waals surface area contributed by atoms with E-state index in [0.29, 0.717) is 11.5 Å². The van der Waals surface area contributed by atoms with Gasteiger partial charge in [-0.15, -0.1) is 18.3 Å². The number of nitrogens with zero attached hydrogens (tertiary/aromatic N) is 5. The molecule has 5 rings (SSSR count). The molecule has 0 saturated carbocycles. The van der Waals surface area contributed by atoms with Gasteiger partial charge >= 0.3 is 6.36 Å². The van der Waals surface area contributed by atoms with Crippen LogP contribution in [0.5, 0.6) is 5.75 Å². The molecule has 1 aliphatic rings. The number of allylic oxidation sites excluding steroid dienone is 1. The van der Waals surface area contributed by atoms with Crippen LogP contribution < -0.4 is 15.0 Å². The van der Waals surface area contributed by atoms with Gasteiger partial charge in [0.25, 0.3) is 0 Å². The van der Waals surface area contributed by atoms with Gasteiger partial charge in [0.2, 0.25) is 6.35 Å². The molecule has 44 heavy (non-hydrogen) atoms. The lowest BCUT2D eigenvalue weighted by molar-refractivity contribution is -0.274. The average molecular weight is 623 g/mol. The SMILES string of the molecule is CCc1ccccc1N1C(=NC(O)N/C(C)=C/c2ccc(-c3ncn(-c4ccc(OC(F)(F)F)cc4)n3)cc2)SCCC1C. The molecule has 2 atom stereocenters. The summed E-state index contributed by atoms with van der Waals surface area (Å²) in [4.78, 5) is 11.2. The molecule has 0 aliphatic carbocycles. The van der Waals surface area contributed by atoms with Crippen LogP contribution in [0.1, 0.15) is 38.3 Å². The van der Waals surface area contributed by atoms with E-state index in [1.807, 2.05) is 49.4 Å². The van der Waals surface area contributed by atoms with Crippen molar-refractivity contribution in [3.63, 3.8) is 0 Å². The highest BCUT2D eigenvalue weighted by Gasteiger charge is 2.31. The lowest BCUT2D eigenvalue weighted by Gasteiger charge is -2.37. The zero-order valence-electron chi connectivity index (χ0n) is 24.5. The number of rotatable bonds is 9. The number of anilines is 1. The number of alkyl halides is 3. The Labute approximate surface area is 258 Å². The van der Waals surface area contributed by atoms with E-state index >= 15 is 0 Å². The number of aliphatic imine (C=N–C) groups is 1. The molecule has 12 heteroatoms. The third-order valence-electron chi connectivity index (χ3n) is 7.01. The minimum absolute atomic E-state index is 0.268.